The first-order valence-corrected chi connectivity index (χ1v) is 24.4. The number of nitrogens with zero attached hydrogens (tertiary/aromatic N) is 7. The van der Waals surface area contributed by atoms with E-state index in [9.17, 15) is 10.5 Å². The maximum absolute atomic E-state index is 15.3. The van der Waals surface area contributed by atoms with Gasteiger partial charge in [0.25, 0.3) is 0 Å². The van der Waals surface area contributed by atoms with Gasteiger partial charge in [0, 0.05) is 21.5 Å². The number of hydrogen-bond donors (Lipinski definition) is 0. The van der Waals surface area contributed by atoms with Crippen molar-refractivity contribution < 1.29 is 13.2 Å². The van der Waals surface area contributed by atoms with Gasteiger partial charge in [0.1, 0.15) is 0 Å². The molecule has 0 unspecified atom stereocenters. The van der Waals surface area contributed by atoms with Gasteiger partial charge in [-0.15, -0.1) is 0 Å². The molecule has 0 atom stereocenters. The highest BCUT2D eigenvalue weighted by Crippen LogP contribution is 2.49. The van der Waals surface area contributed by atoms with Crippen molar-refractivity contribution in [1.82, 2.24) is 9.13 Å². The van der Waals surface area contributed by atoms with E-state index in [1.54, 1.807) is 49.4 Å². The number of alkyl halides is 3. The van der Waals surface area contributed by atoms with E-state index in [0.29, 0.717) is 61.5 Å². The lowest BCUT2D eigenvalue weighted by Gasteiger charge is -2.22. The maximum Gasteiger partial charge on any atom is 0.416 e. The molecular weight excluding hydrogens is 960 g/mol. The van der Waals surface area contributed by atoms with E-state index in [0.717, 1.165) is 72.1 Å². The van der Waals surface area contributed by atoms with Crippen LogP contribution in [0.1, 0.15) is 22.3 Å². The molecule has 10 heteroatoms. The minimum Gasteiger partial charge on any atom is -0.308 e. The lowest BCUT2D eigenvalue weighted by Crippen LogP contribution is -2.09. The smallest absolute Gasteiger partial charge is 0.308 e. The number of halogens is 3. The van der Waals surface area contributed by atoms with E-state index in [4.69, 9.17) is 19.7 Å². The summed E-state index contributed by atoms with van der Waals surface area (Å²) in [4.78, 5) is 11.7. The molecule has 0 spiro atoms. The van der Waals surface area contributed by atoms with E-state index < -0.39 is 11.7 Å². The lowest BCUT2D eigenvalue weighted by atomic mass is 9.92. The number of para-hydroxylation sites is 2. The fourth-order valence-electron chi connectivity index (χ4n) is 11.0. The van der Waals surface area contributed by atoms with E-state index in [2.05, 4.69) is 26.7 Å². The predicted molar refractivity (Wildman–Crippen MR) is 300 cm³/mol. The lowest BCUT2D eigenvalue weighted by molar-refractivity contribution is -0.137. The van der Waals surface area contributed by atoms with Crippen molar-refractivity contribution in [2.75, 3.05) is 0 Å². The zero-order valence-corrected chi connectivity index (χ0v) is 40.8. The Morgan fingerprint density at radius 1 is 0.403 bits per heavy atom. The van der Waals surface area contributed by atoms with Crippen LogP contribution in [0.5, 0.6) is 0 Å². The normalized spacial score (nSPS) is 11.3. The standard InChI is InChI=1S/C67H36F3N7/c1-40-14-13-21-56(67(68,69)70)66(40)55-36-64(76-60-28-24-41(47-17-7-5-15-45(47)38-71)32-51(60)53-34-43(26-30-61(53)76)49-19-9-11-22-57(49)73-2)65(37-59(55)75-4)77-62-29-25-42(48-18-8-6-16-46(48)39-72)33-52(62)54-35-44(27-31-63(54)77)50-20-10-12-23-58(50)74-3/h5-37H,1H3. The van der Waals surface area contributed by atoms with Gasteiger partial charge in [-0.1, -0.05) is 121 Å². The summed E-state index contributed by atoms with van der Waals surface area (Å²) in [7, 11) is 0. The fourth-order valence-corrected chi connectivity index (χ4v) is 11.0. The molecule has 0 aliphatic rings. The van der Waals surface area contributed by atoms with E-state index in [1.807, 2.05) is 155 Å². The molecule has 12 aromatic rings. The second-order valence-corrected chi connectivity index (χ2v) is 18.6. The molecule has 10 aromatic carbocycles. The Labute approximate surface area is 440 Å². The van der Waals surface area contributed by atoms with Crippen LogP contribution in [0, 0.1) is 49.3 Å². The number of aromatic nitrogens is 2. The molecule has 0 amide bonds. The first-order valence-electron chi connectivity index (χ1n) is 24.4. The highest BCUT2D eigenvalue weighted by Gasteiger charge is 2.35. The Morgan fingerprint density at radius 2 is 0.779 bits per heavy atom. The maximum atomic E-state index is 15.3. The second-order valence-electron chi connectivity index (χ2n) is 18.6. The summed E-state index contributed by atoms with van der Waals surface area (Å²) in [6.07, 6.45) is -4.77. The Bertz CT molecular complexity index is 4480. The SMILES string of the molecule is [C-]#[N+]c1ccccc1-c1ccc2c(c1)c1cc(-c3ccccc3C#N)ccc1n2-c1cc([N+]#[C-])c(-c2c(C)cccc2C(F)(F)F)cc1-n1c2ccc(-c3ccccc3C#N)cc2c2cc(-c3ccccc3[N+]#[C-])ccc21. The van der Waals surface area contributed by atoms with Crippen LogP contribution in [0.3, 0.4) is 0 Å². The summed E-state index contributed by atoms with van der Waals surface area (Å²) >= 11 is 0. The van der Waals surface area contributed by atoms with Gasteiger partial charge in [0.05, 0.1) is 82.0 Å². The molecule has 0 radical (unpaired) electrons. The Morgan fingerprint density at radius 3 is 1.18 bits per heavy atom. The Balaban J connectivity index is 1.25. The van der Waals surface area contributed by atoms with E-state index in [1.165, 1.54) is 6.07 Å². The molecule has 0 fully saturated rings. The van der Waals surface area contributed by atoms with Crippen LogP contribution in [-0.2, 0) is 6.18 Å². The topological polar surface area (TPSA) is 70.5 Å². The largest absolute Gasteiger partial charge is 0.416 e. The van der Waals surface area contributed by atoms with Crippen LogP contribution in [0.2, 0.25) is 0 Å². The molecule has 2 heterocycles. The molecule has 7 nitrogen and oxygen atoms in total. The zero-order chi connectivity index (χ0) is 53.1. The third-order valence-corrected chi connectivity index (χ3v) is 14.5. The highest BCUT2D eigenvalue weighted by molar-refractivity contribution is 6.15. The van der Waals surface area contributed by atoms with Crippen molar-refractivity contribution in [3.63, 3.8) is 0 Å². The van der Waals surface area contributed by atoms with Crippen LogP contribution in [0.4, 0.5) is 30.2 Å². The van der Waals surface area contributed by atoms with Gasteiger partial charge in [0.15, 0.2) is 17.1 Å². The molecule has 77 heavy (non-hydrogen) atoms. The molecule has 2 aromatic heterocycles. The summed E-state index contributed by atoms with van der Waals surface area (Å²) in [5, 5.41) is 23.6. The third kappa shape index (κ3) is 7.71. The molecule has 0 aliphatic carbocycles. The average Bonchev–Trinajstić information content (AvgIpc) is 4.21. The first kappa shape index (κ1) is 47.1. The summed E-state index contributed by atoms with van der Waals surface area (Å²) in [6, 6.07) is 65.3. The van der Waals surface area contributed by atoms with Gasteiger partial charge in [-0.3, -0.25) is 0 Å². The summed E-state index contributed by atoms with van der Waals surface area (Å²) in [6.45, 7) is 26.4. The third-order valence-electron chi connectivity index (χ3n) is 14.5. The fraction of sp³-hybridized carbons (Fsp3) is 0.0299. The van der Waals surface area contributed by atoms with Gasteiger partial charge in [-0.05, 0) is 147 Å². The summed E-state index contributed by atoms with van der Waals surface area (Å²) < 4.78 is 50.0. The number of fused-ring (bicyclic) bond motifs is 6. The van der Waals surface area contributed by atoms with Gasteiger partial charge in [-0.2, -0.15) is 23.7 Å². The molecular formula is C67H36F3N7. The molecule has 12 rings (SSSR count). The number of hydrogen-bond acceptors (Lipinski definition) is 2. The van der Waals surface area contributed by atoms with Crippen molar-refractivity contribution in [3.05, 3.63) is 257 Å². The van der Waals surface area contributed by atoms with Crippen molar-refractivity contribution in [3.8, 4) is 79.1 Å². The second kappa shape index (κ2) is 18.5. The van der Waals surface area contributed by atoms with Crippen LogP contribution < -0.4 is 0 Å². The number of rotatable bonds is 7. The van der Waals surface area contributed by atoms with E-state index in [-0.39, 0.29) is 16.8 Å². The monoisotopic (exact) mass is 995 g/mol. The number of aryl methyl sites for hydroxylation is 1. The van der Waals surface area contributed by atoms with Crippen LogP contribution >= 0.6 is 0 Å². The van der Waals surface area contributed by atoms with Crippen molar-refractivity contribution in [1.29, 1.82) is 10.5 Å². The number of benzene rings is 10. The number of nitriles is 2. The van der Waals surface area contributed by atoms with Gasteiger partial charge >= 0.3 is 6.18 Å². The van der Waals surface area contributed by atoms with E-state index >= 15 is 13.2 Å². The van der Waals surface area contributed by atoms with Crippen LogP contribution in [0.15, 0.2) is 200 Å². The zero-order valence-electron chi connectivity index (χ0n) is 40.8. The highest BCUT2D eigenvalue weighted by atomic mass is 19.4. The van der Waals surface area contributed by atoms with Crippen LogP contribution in [0.25, 0.3) is 125 Å². The molecule has 0 saturated carbocycles. The molecule has 0 bridgehead atoms. The van der Waals surface area contributed by atoms with Gasteiger partial charge in [-0.25, -0.2) is 14.5 Å². The summed E-state index contributed by atoms with van der Waals surface area (Å²) in [5.41, 5.74) is 11.1. The van der Waals surface area contributed by atoms with Crippen molar-refractivity contribution in [2.24, 2.45) is 0 Å². The van der Waals surface area contributed by atoms with Crippen molar-refractivity contribution >= 4 is 60.7 Å². The van der Waals surface area contributed by atoms with Gasteiger partial charge < -0.3 is 9.13 Å². The minimum atomic E-state index is -4.77. The molecule has 0 saturated heterocycles. The van der Waals surface area contributed by atoms with Crippen molar-refractivity contribution in [2.45, 2.75) is 13.1 Å². The van der Waals surface area contributed by atoms with Gasteiger partial charge in [0.2, 0.25) is 0 Å². The minimum absolute atomic E-state index is 0.00470. The predicted octanol–water partition coefficient (Wildman–Crippen LogP) is 18.9. The molecule has 360 valence electrons. The first-order chi connectivity index (χ1) is 37.5. The quantitative estimate of drug-likeness (QED) is 0.149. The average molecular weight is 996 g/mol. The molecule has 0 N–H and O–H groups in total. The summed E-state index contributed by atoms with van der Waals surface area (Å²) in [5.74, 6) is 0. The molecule has 0 aliphatic heterocycles. The van der Waals surface area contributed by atoms with Crippen LogP contribution in [-0.4, -0.2) is 9.13 Å². The Kier molecular flexibility index (Phi) is 11.3. The Hall–Kier alpha value is -11.0.